The second kappa shape index (κ2) is 6.15. The van der Waals surface area contributed by atoms with Gasteiger partial charge in [0.25, 0.3) is 0 Å². The zero-order valence-corrected chi connectivity index (χ0v) is 12.7. The Morgan fingerprint density at radius 1 is 1.00 bits per heavy atom. The highest BCUT2D eigenvalue weighted by molar-refractivity contribution is 5.79. The van der Waals surface area contributed by atoms with Gasteiger partial charge in [0, 0.05) is 12.0 Å². The maximum Gasteiger partial charge on any atom is 0.306 e. The topological polar surface area (TPSA) is 66.4 Å². The van der Waals surface area contributed by atoms with Crippen LogP contribution in [-0.2, 0) is 9.59 Å². The van der Waals surface area contributed by atoms with E-state index in [9.17, 15) is 9.59 Å². The van der Waals surface area contributed by atoms with Crippen LogP contribution in [0.1, 0.15) is 65.2 Å². The molecule has 0 aliphatic heterocycles. The van der Waals surface area contributed by atoms with Gasteiger partial charge in [-0.15, -0.1) is 0 Å². The molecule has 1 atom stereocenters. The molecule has 2 aliphatic rings. The van der Waals surface area contributed by atoms with Crippen molar-refractivity contribution in [2.24, 2.45) is 17.3 Å². The number of carboxylic acids is 1. The van der Waals surface area contributed by atoms with Crippen molar-refractivity contribution < 1.29 is 14.7 Å². The molecule has 1 amide bonds. The van der Waals surface area contributed by atoms with Crippen LogP contribution in [0, 0.1) is 17.3 Å². The Bertz CT molecular complexity index is 370. The highest BCUT2D eigenvalue weighted by atomic mass is 16.4. The molecule has 4 nitrogen and oxygen atoms in total. The Labute approximate surface area is 121 Å². The minimum Gasteiger partial charge on any atom is -0.481 e. The number of hydrogen-bond acceptors (Lipinski definition) is 2. The van der Waals surface area contributed by atoms with Crippen molar-refractivity contribution in [3.05, 3.63) is 0 Å². The number of rotatable bonds is 3. The van der Waals surface area contributed by atoms with Gasteiger partial charge in [0.15, 0.2) is 0 Å². The second-order valence-corrected chi connectivity index (χ2v) is 7.18. The van der Waals surface area contributed by atoms with Crippen molar-refractivity contribution in [3.63, 3.8) is 0 Å². The highest BCUT2D eigenvalue weighted by Gasteiger charge is 2.36. The summed E-state index contributed by atoms with van der Waals surface area (Å²) in [6.45, 7) is 4.47. The van der Waals surface area contributed by atoms with Crippen molar-refractivity contribution >= 4 is 11.9 Å². The first kappa shape index (κ1) is 15.3. The Balaban J connectivity index is 1.85. The van der Waals surface area contributed by atoms with E-state index in [0.717, 1.165) is 19.3 Å². The number of carbonyl (C=O) groups is 2. The summed E-state index contributed by atoms with van der Waals surface area (Å²) in [6, 6.07) is 0.279. The molecule has 2 N–H and O–H groups in total. The van der Waals surface area contributed by atoms with Gasteiger partial charge in [0.05, 0.1) is 5.92 Å². The van der Waals surface area contributed by atoms with Gasteiger partial charge in [-0.2, -0.15) is 0 Å². The first-order valence-electron chi connectivity index (χ1n) is 7.93. The van der Waals surface area contributed by atoms with Gasteiger partial charge in [-0.25, -0.2) is 0 Å². The lowest BCUT2D eigenvalue weighted by Gasteiger charge is -2.40. The van der Waals surface area contributed by atoms with Gasteiger partial charge in [-0.1, -0.05) is 26.7 Å². The van der Waals surface area contributed by atoms with Crippen LogP contribution in [0.4, 0.5) is 0 Å². The van der Waals surface area contributed by atoms with Crippen LogP contribution in [0.25, 0.3) is 0 Å². The quantitative estimate of drug-likeness (QED) is 0.835. The molecule has 114 valence electrons. The molecule has 1 unspecified atom stereocenters. The molecule has 0 saturated heterocycles. The fourth-order valence-corrected chi connectivity index (χ4v) is 3.65. The number of carboxylic acid groups (broad SMARTS) is 1. The van der Waals surface area contributed by atoms with Gasteiger partial charge < -0.3 is 10.4 Å². The van der Waals surface area contributed by atoms with Crippen LogP contribution in [0.5, 0.6) is 0 Å². The first-order chi connectivity index (χ1) is 9.40. The maximum absolute atomic E-state index is 12.4. The lowest BCUT2D eigenvalue weighted by Crippen LogP contribution is -2.49. The van der Waals surface area contributed by atoms with Crippen LogP contribution in [0.15, 0.2) is 0 Å². The number of carbonyl (C=O) groups excluding carboxylic acids is 1. The van der Waals surface area contributed by atoms with E-state index in [0.29, 0.717) is 12.8 Å². The summed E-state index contributed by atoms with van der Waals surface area (Å²) in [5, 5.41) is 12.2. The van der Waals surface area contributed by atoms with Crippen molar-refractivity contribution in [2.75, 3.05) is 0 Å². The third kappa shape index (κ3) is 3.53. The number of amides is 1. The highest BCUT2D eigenvalue weighted by Crippen LogP contribution is 2.36. The van der Waals surface area contributed by atoms with Gasteiger partial charge in [0.2, 0.25) is 5.91 Å². The van der Waals surface area contributed by atoms with Crippen molar-refractivity contribution in [1.82, 2.24) is 5.32 Å². The Kier molecular flexibility index (Phi) is 4.71. The molecule has 2 aliphatic carbocycles. The van der Waals surface area contributed by atoms with Crippen molar-refractivity contribution in [3.8, 4) is 0 Å². The summed E-state index contributed by atoms with van der Waals surface area (Å²) in [4.78, 5) is 23.3. The molecule has 0 spiro atoms. The zero-order chi connectivity index (χ0) is 14.8. The largest absolute Gasteiger partial charge is 0.481 e. The standard InChI is InChI=1S/C16H27NO3/c1-16(2)10-4-3-5-13(16)17-14(18)11-6-8-12(9-7-11)15(19)20/h11-13H,3-10H2,1-2H3,(H,17,18)(H,19,20). The molecule has 2 saturated carbocycles. The molecule has 2 fully saturated rings. The average Bonchev–Trinajstić information content (AvgIpc) is 2.41. The molecule has 0 radical (unpaired) electrons. The van der Waals surface area contributed by atoms with Gasteiger partial charge in [-0.05, 0) is 43.9 Å². The average molecular weight is 281 g/mol. The van der Waals surface area contributed by atoms with Crippen LogP contribution in [0.2, 0.25) is 0 Å². The summed E-state index contributed by atoms with van der Waals surface area (Å²) >= 11 is 0. The predicted molar refractivity (Wildman–Crippen MR) is 77.3 cm³/mol. The molecule has 2 rings (SSSR count). The second-order valence-electron chi connectivity index (χ2n) is 7.18. The summed E-state index contributed by atoms with van der Waals surface area (Å²) in [7, 11) is 0. The van der Waals surface area contributed by atoms with Crippen LogP contribution in [-0.4, -0.2) is 23.0 Å². The van der Waals surface area contributed by atoms with E-state index in [1.807, 2.05) is 0 Å². The van der Waals surface area contributed by atoms with Crippen LogP contribution >= 0.6 is 0 Å². The van der Waals surface area contributed by atoms with Gasteiger partial charge in [-0.3, -0.25) is 9.59 Å². The molecule has 0 aromatic rings. The fraction of sp³-hybridized carbons (Fsp3) is 0.875. The molecular weight excluding hydrogens is 254 g/mol. The third-order valence-electron chi connectivity index (χ3n) is 5.27. The minimum absolute atomic E-state index is 0.0170. The van der Waals surface area contributed by atoms with E-state index < -0.39 is 5.97 Å². The zero-order valence-electron chi connectivity index (χ0n) is 12.7. The summed E-state index contributed by atoms with van der Waals surface area (Å²) in [6.07, 6.45) is 7.41. The molecule has 0 heterocycles. The van der Waals surface area contributed by atoms with Crippen molar-refractivity contribution in [1.29, 1.82) is 0 Å². The number of aliphatic carboxylic acids is 1. The first-order valence-corrected chi connectivity index (χ1v) is 7.93. The lowest BCUT2D eigenvalue weighted by atomic mass is 9.73. The van der Waals surface area contributed by atoms with Gasteiger partial charge in [0.1, 0.15) is 0 Å². The van der Waals surface area contributed by atoms with E-state index >= 15 is 0 Å². The van der Waals surface area contributed by atoms with E-state index in [1.165, 1.54) is 19.3 Å². The van der Waals surface area contributed by atoms with E-state index in [4.69, 9.17) is 5.11 Å². The van der Waals surface area contributed by atoms with E-state index in [-0.39, 0.29) is 29.2 Å². The Morgan fingerprint density at radius 2 is 1.60 bits per heavy atom. The van der Waals surface area contributed by atoms with Crippen LogP contribution < -0.4 is 5.32 Å². The molecule has 20 heavy (non-hydrogen) atoms. The molecular formula is C16H27NO3. The predicted octanol–water partition coefficient (Wildman–Crippen LogP) is 2.96. The lowest BCUT2D eigenvalue weighted by molar-refractivity contribution is -0.144. The fourth-order valence-electron chi connectivity index (χ4n) is 3.65. The van der Waals surface area contributed by atoms with E-state index in [1.54, 1.807) is 0 Å². The molecule has 4 heteroatoms. The molecule has 0 aromatic carbocycles. The number of hydrogen-bond donors (Lipinski definition) is 2. The molecule has 0 bridgehead atoms. The summed E-state index contributed by atoms with van der Waals surface area (Å²) < 4.78 is 0. The Morgan fingerprint density at radius 3 is 2.15 bits per heavy atom. The SMILES string of the molecule is CC1(C)CCCCC1NC(=O)C1CCC(C(=O)O)CC1. The minimum atomic E-state index is -0.711. The van der Waals surface area contributed by atoms with E-state index in [2.05, 4.69) is 19.2 Å². The monoisotopic (exact) mass is 281 g/mol. The Hall–Kier alpha value is -1.06. The smallest absolute Gasteiger partial charge is 0.306 e. The normalized spacial score (nSPS) is 33.4. The van der Waals surface area contributed by atoms with Crippen molar-refractivity contribution in [2.45, 2.75) is 71.3 Å². The summed E-state index contributed by atoms with van der Waals surface area (Å²) in [5.41, 5.74) is 0.187. The summed E-state index contributed by atoms with van der Waals surface area (Å²) in [5.74, 6) is -0.792. The maximum atomic E-state index is 12.4. The molecule has 0 aromatic heterocycles. The van der Waals surface area contributed by atoms with Crippen LogP contribution in [0.3, 0.4) is 0 Å². The third-order valence-corrected chi connectivity index (χ3v) is 5.27. The number of nitrogens with one attached hydrogen (secondary N) is 1. The van der Waals surface area contributed by atoms with Gasteiger partial charge >= 0.3 is 5.97 Å².